The fraction of sp³-hybridized carbons (Fsp3) is 0.565. The maximum atomic E-state index is 12.9. The van der Waals surface area contributed by atoms with E-state index in [1.165, 1.54) is 12.1 Å². The van der Waals surface area contributed by atoms with Crippen LogP contribution in [0.5, 0.6) is 0 Å². The molecular weight excluding hydrogens is 444 g/mol. The molecule has 0 bridgehead atoms. The molecule has 3 aliphatic rings. The molecular formula is C23H31ClN6OS. The first-order chi connectivity index (χ1) is 15.5. The van der Waals surface area contributed by atoms with Crippen LogP contribution in [0.15, 0.2) is 29.2 Å². The summed E-state index contributed by atoms with van der Waals surface area (Å²) in [5.74, 6) is 1.45. The molecule has 0 radical (unpaired) electrons. The minimum atomic E-state index is -1.01. The quantitative estimate of drug-likeness (QED) is 0.667. The molecule has 32 heavy (non-hydrogen) atoms. The molecule has 4 heterocycles. The third kappa shape index (κ3) is 4.31. The summed E-state index contributed by atoms with van der Waals surface area (Å²) in [6.07, 6.45) is 3.06. The molecule has 3 atom stereocenters. The largest absolute Gasteiger partial charge is 0.611 e. The van der Waals surface area contributed by atoms with Crippen LogP contribution in [-0.4, -0.2) is 78.0 Å². The van der Waals surface area contributed by atoms with Crippen molar-refractivity contribution in [3.05, 3.63) is 40.7 Å². The molecule has 7 nitrogen and oxygen atoms in total. The average molecular weight is 475 g/mol. The number of hydrogen-bond donors (Lipinski definition) is 1. The molecule has 172 valence electrons. The van der Waals surface area contributed by atoms with Crippen LogP contribution in [0.25, 0.3) is 0 Å². The lowest BCUT2D eigenvalue weighted by molar-refractivity contribution is 0.235. The molecule has 9 heteroatoms. The summed E-state index contributed by atoms with van der Waals surface area (Å²) in [7, 11) is 4.20. The van der Waals surface area contributed by atoms with Gasteiger partial charge in [0.2, 0.25) is 5.95 Å². The second kappa shape index (κ2) is 9.35. The van der Waals surface area contributed by atoms with Crippen LogP contribution in [0, 0.1) is 0 Å². The number of anilines is 2. The van der Waals surface area contributed by atoms with E-state index in [4.69, 9.17) is 21.6 Å². The molecule has 3 aliphatic heterocycles. The lowest BCUT2D eigenvalue weighted by Gasteiger charge is -2.37. The van der Waals surface area contributed by atoms with Gasteiger partial charge in [0.05, 0.1) is 6.04 Å². The summed E-state index contributed by atoms with van der Waals surface area (Å²) in [5, 5.41) is 4.40. The van der Waals surface area contributed by atoms with Crippen molar-refractivity contribution in [1.29, 1.82) is 0 Å². The Hall–Kier alpha value is -1.58. The Morgan fingerprint density at radius 3 is 2.50 bits per heavy atom. The highest BCUT2D eigenvalue weighted by Crippen LogP contribution is 2.37. The van der Waals surface area contributed by atoms with Gasteiger partial charge in [-0.25, -0.2) is 9.97 Å². The van der Waals surface area contributed by atoms with Crippen LogP contribution < -0.4 is 15.1 Å². The molecule has 0 spiro atoms. The predicted octanol–water partition coefficient (Wildman–Crippen LogP) is 2.48. The van der Waals surface area contributed by atoms with Crippen molar-refractivity contribution in [2.24, 2.45) is 0 Å². The number of nitrogens with zero attached hydrogens (tertiary/aromatic N) is 5. The van der Waals surface area contributed by atoms with Gasteiger partial charge >= 0.3 is 0 Å². The van der Waals surface area contributed by atoms with Gasteiger partial charge in [-0.15, -0.1) is 0 Å². The molecule has 2 aromatic rings. The third-order valence-electron chi connectivity index (χ3n) is 6.77. The molecule has 5 rings (SSSR count). The fourth-order valence-electron chi connectivity index (χ4n) is 5.15. The minimum Gasteiger partial charge on any atom is -0.611 e. The lowest BCUT2D eigenvalue weighted by Crippen LogP contribution is -2.47. The number of benzene rings is 1. The molecule has 1 N–H and O–H groups in total. The average Bonchev–Trinajstić information content (AvgIpc) is 3.45. The van der Waals surface area contributed by atoms with E-state index in [1.54, 1.807) is 0 Å². The van der Waals surface area contributed by atoms with Gasteiger partial charge in [-0.05, 0) is 68.9 Å². The van der Waals surface area contributed by atoms with Crippen molar-refractivity contribution < 1.29 is 4.55 Å². The van der Waals surface area contributed by atoms with Gasteiger partial charge in [-0.3, -0.25) is 4.90 Å². The van der Waals surface area contributed by atoms with Crippen molar-refractivity contribution in [2.75, 3.05) is 62.4 Å². The topological polar surface area (TPSA) is 70.6 Å². The fourth-order valence-corrected chi connectivity index (χ4v) is 6.67. The summed E-state index contributed by atoms with van der Waals surface area (Å²) in [6.45, 7) is 4.57. The second-order valence-corrected chi connectivity index (χ2v) is 11.0. The SMILES string of the molecule is CN(C)C(c1nc(N2CCN(c3ccc(Cl)cc3)CC2)nc2c1[S+]([O-])CC2)C1CCCN1. The van der Waals surface area contributed by atoms with Crippen molar-refractivity contribution in [1.82, 2.24) is 20.2 Å². The van der Waals surface area contributed by atoms with Crippen molar-refractivity contribution in [3.63, 3.8) is 0 Å². The number of halogens is 1. The third-order valence-corrected chi connectivity index (χ3v) is 8.50. The maximum Gasteiger partial charge on any atom is 0.226 e. The zero-order valence-electron chi connectivity index (χ0n) is 18.8. The maximum absolute atomic E-state index is 12.9. The summed E-state index contributed by atoms with van der Waals surface area (Å²) in [6, 6.07) is 8.47. The van der Waals surface area contributed by atoms with E-state index >= 15 is 0 Å². The van der Waals surface area contributed by atoms with Gasteiger partial charge in [0, 0.05) is 49.4 Å². The first-order valence-corrected chi connectivity index (χ1v) is 13.2. The van der Waals surface area contributed by atoms with E-state index < -0.39 is 11.2 Å². The lowest BCUT2D eigenvalue weighted by atomic mass is 10.0. The van der Waals surface area contributed by atoms with Crippen LogP contribution in [0.3, 0.4) is 0 Å². The smallest absolute Gasteiger partial charge is 0.226 e. The molecule has 0 aliphatic carbocycles. The molecule has 1 aromatic heterocycles. The number of nitrogens with one attached hydrogen (secondary N) is 1. The van der Waals surface area contributed by atoms with Gasteiger partial charge in [0.1, 0.15) is 17.1 Å². The highest BCUT2D eigenvalue weighted by atomic mass is 35.5. The Kier molecular flexibility index (Phi) is 6.49. The zero-order valence-corrected chi connectivity index (χ0v) is 20.3. The van der Waals surface area contributed by atoms with Gasteiger partial charge in [-0.1, -0.05) is 11.6 Å². The second-order valence-electron chi connectivity index (χ2n) is 9.05. The van der Waals surface area contributed by atoms with E-state index in [-0.39, 0.29) is 6.04 Å². The van der Waals surface area contributed by atoms with Crippen LogP contribution in [-0.2, 0) is 17.6 Å². The number of hydrogen-bond acceptors (Lipinski definition) is 7. The number of rotatable bonds is 5. The Morgan fingerprint density at radius 1 is 1.12 bits per heavy atom. The molecule has 2 saturated heterocycles. The van der Waals surface area contributed by atoms with E-state index in [1.807, 2.05) is 12.1 Å². The van der Waals surface area contributed by atoms with Gasteiger partial charge in [0.25, 0.3) is 0 Å². The summed E-state index contributed by atoms with van der Waals surface area (Å²) < 4.78 is 12.9. The highest BCUT2D eigenvalue weighted by Gasteiger charge is 2.39. The summed E-state index contributed by atoms with van der Waals surface area (Å²) in [4.78, 5) is 17.8. The zero-order chi connectivity index (χ0) is 22.2. The Bertz CT molecular complexity index is 944. The van der Waals surface area contributed by atoms with E-state index in [2.05, 4.69) is 46.2 Å². The van der Waals surface area contributed by atoms with Crippen molar-refractivity contribution >= 4 is 34.4 Å². The number of fused-ring (bicyclic) bond motifs is 1. The number of likely N-dealkylation sites (N-methyl/N-ethyl adjacent to an activating group) is 1. The van der Waals surface area contributed by atoms with E-state index in [0.29, 0.717) is 11.8 Å². The summed E-state index contributed by atoms with van der Waals surface area (Å²) in [5.41, 5.74) is 3.14. The molecule has 0 saturated carbocycles. The van der Waals surface area contributed by atoms with Crippen LogP contribution >= 0.6 is 11.6 Å². The Labute approximate surface area is 198 Å². The first kappa shape index (κ1) is 22.2. The van der Waals surface area contributed by atoms with Crippen LogP contribution in [0.1, 0.15) is 30.3 Å². The molecule has 0 amide bonds. The normalized spacial score (nSPS) is 24.3. The van der Waals surface area contributed by atoms with Gasteiger partial charge in [-0.2, -0.15) is 0 Å². The Balaban J connectivity index is 1.41. The number of aryl methyl sites for hydroxylation is 1. The van der Waals surface area contributed by atoms with Crippen LogP contribution in [0.2, 0.25) is 5.02 Å². The summed E-state index contributed by atoms with van der Waals surface area (Å²) >= 11 is 5.04. The monoisotopic (exact) mass is 474 g/mol. The molecule has 2 fully saturated rings. The van der Waals surface area contributed by atoms with Crippen molar-refractivity contribution in [3.8, 4) is 0 Å². The molecule has 3 unspecified atom stereocenters. The standard InChI is InChI=1S/C23H31ClN6OS/c1-28(2)21(18-4-3-10-25-18)20-22-19(9-15-32(22)31)26-23(27-20)30-13-11-29(12-14-30)17-7-5-16(24)6-8-17/h5-8,18,21,25H,3-4,9-15H2,1-2H3. The first-order valence-electron chi connectivity index (χ1n) is 11.5. The van der Waals surface area contributed by atoms with Gasteiger partial charge in [0.15, 0.2) is 4.90 Å². The van der Waals surface area contributed by atoms with E-state index in [9.17, 15) is 4.55 Å². The van der Waals surface area contributed by atoms with E-state index in [0.717, 1.165) is 72.8 Å². The van der Waals surface area contributed by atoms with Crippen molar-refractivity contribution in [2.45, 2.75) is 36.2 Å². The number of aromatic nitrogens is 2. The molecule has 1 aromatic carbocycles. The predicted molar refractivity (Wildman–Crippen MR) is 130 cm³/mol. The Morgan fingerprint density at radius 2 is 1.84 bits per heavy atom. The highest BCUT2D eigenvalue weighted by molar-refractivity contribution is 7.91. The number of piperazine rings is 1. The van der Waals surface area contributed by atoms with Gasteiger partial charge < -0.3 is 19.7 Å². The minimum absolute atomic E-state index is 0.102. The van der Waals surface area contributed by atoms with Crippen LogP contribution in [0.4, 0.5) is 11.6 Å².